The van der Waals surface area contributed by atoms with Crippen molar-refractivity contribution >= 4 is 22.9 Å². The molecule has 3 aromatic rings. The van der Waals surface area contributed by atoms with E-state index in [1.54, 1.807) is 12.4 Å². The van der Waals surface area contributed by atoms with E-state index in [0.717, 1.165) is 22.0 Å². The van der Waals surface area contributed by atoms with Gasteiger partial charge in [-0.15, -0.1) is 0 Å². The minimum Gasteiger partial charge on any atom is -0.360 e. The van der Waals surface area contributed by atoms with E-state index >= 15 is 0 Å². The average molecular weight is 277 g/mol. The van der Waals surface area contributed by atoms with Crippen molar-refractivity contribution in [2.75, 3.05) is 0 Å². The summed E-state index contributed by atoms with van der Waals surface area (Å²) >= 11 is 0. The summed E-state index contributed by atoms with van der Waals surface area (Å²) in [6.07, 6.45) is 3.70. The van der Waals surface area contributed by atoms with Gasteiger partial charge in [0.15, 0.2) is 0 Å². The van der Waals surface area contributed by atoms with Crippen LogP contribution in [0.25, 0.3) is 10.8 Å². The van der Waals surface area contributed by atoms with Crippen molar-refractivity contribution in [1.29, 1.82) is 0 Å². The Morgan fingerprint density at radius 2 is 1.95 bits per heavy atom. The van der Waals surface area contributed by atoms with Gasteiger partial charge in [-0.3, -0.25) is 4.79 Å². The molecule has 0 radical (unpaired) electrons. The molecular formula is C17H15N3O. The van der Waals surface area contributed by atoms with Crippen molar-refractivity contribution in [3.05, 3.63) is 72.1 Å². The third-order valence-electron chi connectivity index (χ3n) is 3.25. The minimum atomic E-state index is -0.130. The van der Waals surface area contributed by atoms with Crippen LogP contribution in [0.1, 0.15) is 11.3 Å². The largest absolute Gasteiger partial charge is 0.360 e. The van der Waals surface area contributed by atoms with Crippen LogP contribution < -0.4 is 5.43 Å². The molecule has 0 spiro atoms. The van der Waals surface area contributed by atoms with E-state index in [2.05, 4.69) is 15.5 Å². The van der Waals surface area contributed by atoms with Crippen LogP contribution in [-0.2, 0) is 11.2 Å². The predicted octanol–water partition coefficient (Wildman–Crippen LogP) is 2.86. The fourth-order valence-corrected chi connectivity index (χ4v) is 2.26. The van der Waals surface area contributed by atoms with Gasteiger partial charge in [0.05, 0.1) is 18.3 Å². The lowest BCUT2D eigenvalue weighted by atomic mass is 10.0. The summed E-state index contributed by atoms with van der Waals surface area (Å²) in [7, 11) is 0. The lowest BCUT2D eigenvalue weighted by Gasteiger charge is -2.05. The zero-order chi connectivity index (χ0) is 14.5. The summed E-state index contributed by atoms with van der Waals surface area (Å²) in [4.78, 5) is 14.9. The molecule has 2 aromatic carbocycles. The molecule has 0 atom stereocenters. The van der Waals surface area contributed by atoms with E-state index in [4.69, 9.17) is 0 Å². The minimum absolute atomic E-state index is 0.130. The Kier molecular flexibility index (Phi) is 3.78. The summed E-state index contributed by atoms with van der Waals surface area (Å²) in [5.41, 5.74) is 4.39. The molecule has 4 heteroatoms. The number of hydrogen-bond acceptors (Lipinski definition) is 2. The second kappa shape index (κ2) is 6.05. The number of H-pyrrole nitrogens is 1. The number of hydrazone groups is 1. The van der Waals surface area contributed by atoms with Crippen molar-refractivity contribution < 1.29 is 4.79 Å². The number of rotatable bonds is 4. The Balaban J connectivity index is 1.69. The first-order valence-electron chi connectivity index (χ1n) is 6.75. The van der Waals surface area contributed by atoms with Crippen LogP contribution in [-0.4, -0.2) is 17.1 Å². The molecule has 0 saturated heterocycles. The number of benzene rings is 2. The standard InChI is InChI=1S/C17H15N3O/c21-17(20-19-12-15-8-4-10-18-15)11-14-7-3-6-13-5-1-2-9-16(13)14/h1-10,12,18H,11H2,(H,20,21)/b19-12-. The maximum absolute atomic E-state index is 11.9. The number of aromatic nitrogens is 1. The number of nitrogens with one attached hydrogen (secondary N) is 2. The maximum Gasteiger partial charge on any atom is 0.244 e. The molecule has 0 fully saturated rings. The van der Waals surface area contributed by atoms with Crippen LogP contribution in [0.15, 0.2) is 65.9 Å². The van der Waals surface area contributed by atoms with Gasteiger partial charge in [0, 0.05) is 6.20 Å². The van der Waals surface area contributed by atoms with Gasteiger partial charge in [0.2, 0.25) is 5.91 Å². The third kappa shape index (κ3) is 3.17. The maximum atomic E-state index is 11.9. The number of carbonyl (C=O) groups excluding carboxylic acids is 1. The highest BCUT2D eigenvalue weighted by molar-refractivity contribution is 5.90. The molecule has 1 aromatic heterocycles. The second-order valence-electron chi connectivity index (χ2n) is 4.73. The van der Waals surface area contributed by atoms with Crippen molar-refractivity contribution in [3.63, 3.8) is 0 Å². The monoisotopic (exact) mass is 277 g/mol. The topological polar surface area (TPSA) is 57.2 Å². The highest BCUT2D eigenvalue weighted by atomic mass is 16.2. The van der Waals surface area contributed by atoms with Crippen LogP contribution in [0.2, 0.25) is 0 Å². The molecule has 2 N–H and O–H groups in total. The summed E-state index contributed by atoms with van der Waals surface area (Å²) in [5, 5.41) is 6.17. The van der Waals surface area contributed by atoms with E-state index in [-0.39, 0.29) is 5.91 Å². The smallest absolute Gasteiger partial charge is 0.244 e. The first-order chi connectivity index (χ1) is 10.3. The second-order valence-corrected chi connectivity index (χ2v) is 4.73. The summed E-state index contributed by atoms with van der Waals surface area (Å²) in [6, 6.07) is 17.8. The molecule has 1 heterocycles. The zero-order valence-corrected chi connectivity index (χ0v) is 11.4. The van der Waals surface area contributed by atoms with Crippen molar-refractivity contribution in [3.8, 4) is 0 Å². The number of carbonyl (C=O) groups is 1. The SMILES string of the molecule is O=C(Cc1cccc2ccccc12)N/N=C\c1ccc[nH]1. The Bertz CT molecular complexity index is 770. The lowest BCUT2D eigenvalue weighted by Crippen LogP contribution is -2.19. The Morgan fingerprint density at radius 1 is 1.10 bits per heavy atom. The van der Waals surface area contributed by atoms with Crippen LogP contribution in [0.4, 0.5) is 0 Å². The van der Waals surface area contributed by atoms with Gasteiger partial charge >= 0.3 is 0 Å². The van der Waals surface area contributed by atoms with E-state index in [1.807, 2.05) is 54.6 Å². The van der Waals surface area contributed by atoms with E-state index in [0.29, 0.717) is 6.42 Å². The number of nitrogens with zero attached hydrogens (tertiary/aromatic N) is 1. The molecule has 0 aliphatic rings. The van der Waals surface area contributed by atoms with Crippen molar-refractivity contribution in [2.24, 2.45) is 5.10 Å². The highest BCUT2D eigenvalue weighted by Crippen LogP contribution is 2.18. The summed E-state index contributed by atoms with van der Waals surface area (Å²) < 4.78 is 0. The van der Waals surface area contributed by atoms with Gasteiger partial charge in [-0.25, -0.2) is 5.43 Å². The molecular weight excluding hydrogens is 262 g/mol. The third-order valence-corrected chi connectivity index (χ3v) is 3.25. The molecule has 104 valence electrons. The van der Waals surface area contributed by atoms with Crippen molar-refractivity contribution in [2.45, 2.75) is 6.42 Å². The first kappa shape index (κ1) is 13.1. The van der Waals surface area contributed by atoms with Gasteiger partial charge in [-0.1, -0.05) is 42.5 Å². The van der Waals surface area contributed by atoms with Gasteiger partial charge in [0.1, 0.15) is 0 Å². The molecule has 0 aliphatic heterocycles. The summed E-state index contributed by atoms with van der Waals surface area (Å²) in [5.74, 6) is -0.130. The zero-order valence-electron chi connectivity index (χ0n) is 11.4. The van der Waals surface area contributed by atoms with E-state index in [9.17, 15) is 4.79 Å². The number of amides is 1. The van der Waals surface area contributed by atoms with Gasteiger partial charge in [-0.05, 0) is 28.5 Å². The lowest BCUT2D eigenvalue weighted by molar-refractivity contribution is -0.120. The molecule has 0 saturated carbocycles. The first-order valence-corrected chi connectivity index (χ1v) is 6.75. The van der Waals surface area contributed by atoms with Gasteiger partial charge in [-0.2, -0.15) is 5.10 Å². The van der Waals surface area contributed by atoms with Crippen LogP contribution in [0.3, 0.4) is 0 Å². The Labute approximate surface area is 122 Å². The average Bonchev–Trinajstić information content (AvgIpc) is 3.01. The number of fused-ring (bicyclic) bond motifs is 1. The molecule has 0 aliphatic carbocycles. The number of aromatic amines is 1. The van der Waals surface area contributed by atoms with E-state index in [1.165, 1.54) is 0 Å². The Hall–Kier alpha value is -2.88. The van der Waals surface area contributed by atoms with Crippen LogP contribution in [0.5, 0.6) is 0 Å². The van der Waals surface area contributed by atoms with E-state index < -0.39 is 0 Å². The van der Waals surface area contributed by atoms with Gasteiger partial charge < -0.3 is 4.98 Å². The Morgan fingerprint density at radius 3 is 2.81 bits per heavy atom. The molecule has 4 nitrogen and oxygen atoms in total. The molecule has 0 unspecified atom stereocenters. The van der Waals surface area contributed by atoms with Crippen molar-refractivity contribution in [1.82, 2.24) is 10.4 Å². The van der Waals surface area contributed by atoms with Crippen LogP contribution >= 0.6 is 0 Å². The van der Waals surface area contributed by atoms with Gasteiger partial charge in [0.25, 0.3) is 0 Å². The highest BCUT2D eigenvalue weighted by Gasteiger charge is 2.05. The predicted molar refractivity (Wildman–Crippen MR) is 84.2 cm³/mol. The van der Waals surface area contributed by atoms with Crippen LogP contribution in [0, 0.1) is 0 Å². The fraction of sp³-hybridized carbons (Fsp3) is 0.0588. The number of hydrogen-bond donors (Lipinski definition) is 2. The normalized spacial score (nSPS) is 11.0. The molecule has 1 amide bonds. The fourth-order valence-electron chi connectivity index (χ4n) is 2.26. The molecule has 3 rings (SSSR count). The summed E-state index contributed by atoms with van der Waals surface area (Å²) in [6.45, 7) is 0. The molecule has 21 heavy (non-hydrogen) atoms. The quantitative estimate of drug-likeness (QED) is 0.559. The molecule has 0 bridgehead atoms.